The number of tetrazole rings is 1. The number of thiophene rings is 1. The van der Waals surface area contributed by atoms with Crippen LogP contribution in [-0.4, -0.2) is 49.9 Å². The van der Waals surface area contributed by atoms with Crippen molar-refractivity contribution in [3.05, 3.63) is 22.4 Å². The van der Waals surface area contributed by atoms with Crippen molar-refractivity contribution in [2.24, 2.45) is 11.8 Å². The average Bonchev–Trinajstić information content (AvgIpc) is 3.32. The predicted octanol–water partition coefficient (Wildman–Crippen LogP) is 2.91. The molecule has 4 rings (SSSR count). The van der Waals surface area contributed by atoms with Crippen molar-refractivity contribution in [3.63, 3.8) is 0 Å². The summed E-state index contributed by atoms with van der Waals surface area (Å²) >= 11 is 3.13. The zero-order chi connectivity index (χ0) is 17.1. The molecule has 25 heavy (non-hydrogen) atoms. The molecule has 2 atom stereocenters. The molecule has 1 saturated heterocycles. The fourth-order valence-electron chi connectivity index (χ4n) is 3.99. The Bertz CT molecular complexity index is 702. The van der Waals surface area contributed by atoms with Gasteiger partial charge < -0.3 is 4.90 Å². The van der Waals surface area contributed by atoms with E-state index in [1.54, 1.807) is 16.0 Å². The standard InChI is InChI=1S/C17H23N5OS2/c23-16(21-8-7-13-4-1-2-5-14(13)10-21)12-25-17-18-19-20-22(17)11-15-6-3-9-24-15/h3,6,9,13-14H,1-2,4-5,7-8,10-12H2. The van der Waals surface area contributed by atoms with Crippen LogP contribution in [0.3, 0.4) is 0 Å². The van der Waals surface area contributed by atoms with E-state index in [4.69, 9.17) is 0 Å². The second-order valence-electron chi connectivity index (χ2n) is 6.92. The first-order chi connectivity index (χ1) is 12.3. The quantitative estimate of drug-likeness (QED) is 0.750. The third-order valence-corrected chi connectivity index (χ3v) is 7.16. The number of hydrogen-bond acceptors (Lipinski definition) is 6. The topological polar surface area (TPSA) is 63.9 Å². The highest BCUT2D eigenvalue weighted by atomic mass is 32.2. The molecule has 6 nitrogen and oxygen atoms in total. The minimum atomic E-state index is 0.222. The first kappa shape index (κ1) is 17.0. The van der Waals surface area contributed by atoms with Crippen molar-refractivity contribution >= 4 is 29.0 Å². The normalized spacial score (nSPS) is 23.4. The Morgan fingerprint density at radius 2 is 2.16 bits per heavy atom. The second-order valence-corrected chi connectivity index (χ2v) is 8.89. The maximum absolute atomic E-state index is 12.6. The molecule has 0 spiro atoms. The summed E-state index contributed by atoms with van der Waals surface area (Å²) < 4.78 is 1.77. The van der Waals surface area contributed by atoms with Crippen molar-refractivity contribution in [1.82, 2.24) is 25.1 Å². The molecule has 1 amide bonds. The van der Waals surface area contributed by atoms with Crippen LogP contribution in [0, 0.1) is 11.8 Å². The molecule has 1 aliphatic carbocycles. The fourth-order valence-corrected chi connectivity index (χ4v) is 5.46. The highest BCUT2D eigenvalue weighted by Gasteiger charge is 2.32. The number of piperidine rings is 1. The molecule has 2 aliphatic rings. The Balaban J connectivity index is 1.31. The van der Waals surface area contributed by atoms with Crippen LogP contribution >= 0.6 is 23.1 Å². The molecule has 0 radical (unpaired) electrons. The van der Waals surface area contributed by atoms with Crippen LogP contribution in [0.5, 0.6) is 0 Å². The van der Waals surface area contributed by atoms with E-state index in [1.807, 2.05) is 11.4 Å². The Labute approximate surface area is 156 Å². The fraction of sp³-hybridized carbons (Fsp3) is 0.647. The summed E-state index contributed by atoms with van der Waals surface area (Å²) in [4.78, 5) is 15.9. The number of nitrogens with zero attached hydrogens (tertiary/aromatic N) is 5. The Morgan fingerprint density at radius 1 is 1.28 bits per heavy atom. The van der Waals surface area contributed by atoms with Gasteiger partial charge in [-0.1, -0.05) is 37.1 Å². The van der Waals surface area contributed by atoms with E-state index in [9.17, 15) is 4.79 Å². The summed E-state index contributed by atoms with van der Waals surface area (Å²) in [6, 6.07) is 4.09. The number of carbonyl (C=O) groups is 1. The Morgan fingerprint density at radius 3 is 3.00 bits per heavy atom. The molecule has 8 heteroatoms. The van der Waals surface area contributed by atoms with E-state index in [-0.39, 0.29) is 5.91 Å². The number of thioether (sulfide) groups is 1. The first-order valence-corrected chi connectivity index (χ1v) is 10.9. The van der Waals surface area contributed by atoms with E-state index in [1.165, 1.54) is 48.7 Å². The second kappa shape index (κ2) is 7.86. The predicted molar refractivity (Wildman–Crippen MR) is 98.6 cm³/mol. The van der Waals surface area contributed by atoms with Gasteiger partial charge in [0.1, 0.15) is 0 Å². The molecule has 0 N–H and O–H groups in total. The van der Waals surface area contributed by atoms with Crippen molar-refractivity contribution < 1.29 is 4.79 Å². The van der Waals surface area contributed by atoms with Gasteiger partial charge in [0.2, 0.25) is 11.1 Å². The van der Waals surface area contributed by atoms with Gasteiger partial charge in [-0.05, 0) is 46.6 Å². The SMILES string of the molecule is O=C(CSc1nnnn1Cc1cccs1)N1CCC2CCCCC2C1. The monoisotopic (exact) mass is 377 g/mol. The molecule has 2 aromatic rings. The number of likely N-dealkylation sites (tertiary alicyclic amines) is 1. The highest BCUT2D eigenvalue weighted by molar-refractivity contribution is 7.99. The van der Waals surface area contributed by atoms with Crippen LogP contribution in [0.4, 0.5) is 0 Å². The molecule has 0 bridgehead atoms. The van der Waals surface area contributed by atoms with Crippen LogP contribution < -0.4 is 0 Å². The molecule has 134 valence electrons. The smallest absolute Gasteiger partial charge is 0.233 e. The van der Waals surface area contributed by atoms with Crippen molar-refractivity contribution in [3.8, 4) is 0 Å². The molecule has 1 saturated carbocycles. The largest absolute Gasteiger partial charge is 0.342 e. The molecule has 0 aromatic carbocycles. The van der Waals surface area contributed by atoms with Crippen LogP contribution in [-0.2, 0) is 11.3 Å². The van der Waals surface area contributed by atoms with Crippen molar-refractivity contribution in [1.29, 1.82) is 0 Å². The summed E-state index contributed by atoms with van der Waals surface area (Å²) in [5.41, 5.74) is 0. The van der Waals surface area contributed by atoms with Crippen LogP contribution in [0.1, 0.15) is 37.0 Å². The molecule has 1 aliphatic heterocycles. The first-order valence-electron chi connectivity index (χ1n) is 8.99. The molecule has 2 aromatic heterocycles. The van der Waals surface area contributed by atoms with Crippen LogP contribution in [0.15, 0.2) is 22.7 Å². The highest BCUT2D eigenvalue weighted by Crippen LogP contribution is 2.36. The van der Waals surface area contributed by atoms with Gasteiger partial charge in [0.25, 0.3) is 0 Å². The Hall–Kier alpha value is -1.41. The number of amides is 1. The summed E-state index contributed by atoms with van der Waals surface area (Å²) in [6.07, 6.45) is 6.53. The summed E-state index contributed by atoms with van der Waals surface area (Å²) in [5.74, 6) is 2.21. The molecule has 2 unspecified atom stereocenters. The number of rotatable bonds is 5. The van der Waals surface area contributed by atoms with Gasteiger partial charge in [-0.2, -0.15) is 0 Å². The molecule has 3 heterocycles. The lowest BCUT2D eigenvalue weighted by atomic mass is 9.75. The Kier molecular flexibility index (Phi) is 5.36. The van der Waals surface area contributed by atoms with Gasteiger partial charge in [0.05, 0.1) is 12.3 Å². The third kappa shape index (κ3) is 4.06. The number of fused-ring (bicyclic) bond motifs is 1. The van der Waals surface area contributed by atoms with E-state index >= 15 is 0 Å². The van der Waals surface area contributed by atoms with E-state index in [0.29, 0.717) is 17.5 Å². The minimum absolute atomic E-state index is 0.222. The van der Waals surface area contributed by atoms with Gasteiger partial charge in [-0.15, -0.1) is 16.4 Å². The van der Waals surface area contributed by atoms with E-state index in [2.05, 4.69) is 26.5 Å². The summed E-state index contributed by atoms with van der Waals surface area (Å²) in [5, 5.41) is 14.7. The van der Waals surface area contributed by atoms with E-state index in [0.717, 1.165) is 24.9 Å². The summed E-state index contributed by atoms with van der Waals surface area (Å²) in [7, 11) is 0. The lowest BCUT2D eigenvalue weighted by Gasteiger charge is -2.41. The minimum Gasteiger partial charge on any atom is -0.342 e. The van der Waals surface area contributed by atoms with Crippen LogP contribution in [0.2, 0.25) is 0 Å². The molecular formula is C17H23N5OS2. The molecular weight excluding hydrogens is 354 g/mol. The lowest BCUT2D eigenvalue weighted by molar-refractivity contribution is -0.131. The summed E-state index contributed by atoms with van der Waals surface area (Å²) in [6.45, 7) is 2.53. The van der Waals surface area contributed by atoms with Crippen LogP contribution in [0.25, 0.3) is 0 Å². The van der Waals surface area contributed by atoms with Crippen molar-refractivity contribution in [2.75, 3.05) is 18.8 Å². The zero-order valence-corrected chi connectivity index (χ0v) is 15.8. The maximum atomic E-state index is 12.6. The van der Waals surface area contributed by atoms with Gasteiger partial charge in [-0.3, -0.25) is 4.79 Å². The molecule has 2 fully saturated rings. The zero-order valence-electron chi connectivity index (χ0n) is 14.2. The third-order valence-electron chi connectivity index (χ3n) is 5.35. The lowest BCUT2D eigenvalue weighted by Crippen LogP contribution is -2.45. The van der Waals surface area contributed by atoms with Crippen molar-refractivity contribution in [2.45, 2.75) is 43.8 Å². The number of aromatic nitrogens is 4. The maximum Gasteiger partial charge on any atom is 0.233 e. The van der Waals surface area contributed by atoms with Gasteiger partial charge in [0, 0.05) is 18.0 Å². The van der Waals surface area contributed by atoms with Gasteiger partial charge in [-0.25, -0.2) is 4.68 Å². The average molecular weight is 378 g/mol. The number of carbonyl (C=O) groups excluding carboxylic acids is 1. The van der Waals surface area contributed by atoms with Gasteiger partial charge >= 0.3 is 0 Å². The van der Waals surface area contributed by atoms with Gasteiger partial charge in [0.15, 0.2) is 0 Å². The van der Waals surface area contributed by atoms with E-state index < -0.39 is 0 Å². The number of hydrogen-bond donors (Lipinski definition) is 0.